The average molecular weight is 387 g/mol. The van der Waals surface area contributed by atoms with Gasteiger partial charge in [-0.05, 0) is 37.3 Å². The topological polar surface area (TPSA) is 76.8 Å². The Hall–Kier alpha value is -2.57. The minimum absolute atomic E-state index is 0.0957. The van der Waals surface area contributed by atoms with Crippen molar-refractivity contribution in [3.05, 3.63) is 53.1 Å². The van der Waals surface area contributed by atoms with Gasteiger partial charge in [0.05, 0.1) is 5.56 Å². The Morgan fingerprint density at radius 3 is 2.96 bits per heavy atom. The van der Waals surface area contributed by atoms with Crippen LogP contribution in [0.2, 0.25) is 5.02 Å². The van der Waals surface area contributed by atoms with Crippen molar-refractivity contribution in [3.8, 4) is 11.5 Å². The third-order valence-electron chi connectivity index (χ3n) is 5.02. The fraction of sp³-hybridized carbons (Fsp3) is 0.300. The second-order valence-electron chi connectivity index (χ2n) is 6.81. The Morgan fingerprint density at radius 2 is 2.15 bits per heavy atom. The summed E-state index contributed by atoms with van der Waals surface area (Å²) in [5.41, 5.74) is 1.57. The van der Waals surface area contributed by atoms with E-state index in [2.05, 4.69) is 10.2 Å². The summed E-state index contributed by atoms with van der Waals surface area (Å²) in [6.45, 7) is 3.84. The van der Waals surface area contributed by atoms with Crippen molar-refractivity contribution in [2.45, 2.75) is 13.0 Å². The number of fused-ring (bicyclic) bond motifs is 2. The lowest BCUT2D eigenvalue weighted by molar-refractivity contribution is -0.142. The van der Waals surface area contributed by atoms with Crippen LogP contribution in [0.15, 0.2) is 47.5 Å². The monoisotopic (exact) mass is 386 g/mol. The molecular formula is C20H21ClN3O3+. The third-order valence-corrected chi connectivity index (χ3v) is 5.25. The molecule has 0 bridgehead atoms. The van der Waals surface area contributed by atoms with E-state index >= 15 is 0 Å². The van der Waals surface area contributed by atoms with Crippen molar-refractivity contribution in [1.29, 1.82) is 0 Å². The molecule has 1 saturated heterocycles. The average Bonchev–Trinajstić information content (AvgIpc) is 2.84. The first kappa shape index (κ1) is 17.8. The van der Waals surface area contributed by atoms with Crippen LogP contribution in [0, 0.1) is 5.92 Å². The summed E-state index contributed by atoms with van der Waals surface area (Å²) in [7, 11) is 0. The van der Waals surface area contributed by atoms with E-state index in [1.54, 1.807) is 19.1 Å². The van der Waals surface area contributed by atoms with E-state index in [1.165, 1.54) is 0 Å². The van der Waals surface area contributed by atoms with Gasteiger partial charge in [-0.3, -0.25) is 0 Å². The van der Waals surface area contributed by atoms with E-state index in [0.717, 1.165) is 23.7 Å². The van der Waals surface area contributed by atoms with Gasteiger partial charge in [-0.2, -0.15) is 0 Å². The van der Waals surface area contributed by atoms with E-state index in [0.29, 0.717) is 29.5 Å². The number of benzene rings is 2. The fourth-order valence-corrected chi connectivity index (χ4v) is 3.59. The second-order valence-corrected chi connectivity index (χ2v) is 7.24. The number of amidine groups is 1. The first-order valence-corrected chi connectivity index (χ1v) is 9.30. The van der Waals surface area contributed by atoms with Crippen LogP contribution in [-0.2, 0) is 4.79 Å². The van der Waals surface area contributed by atoms with Gasteiger partial charge in [0.1, 0.15) is 23.2 Å². The highest BCUT2D eigenvalue weighted by Gasteiger charge is 2.34. The molecule has 0 spiro atoms. The number of piperazine rings is 1. The zero-order chi connectivity index (χ0) is 19.0. The molecule has 2 aromatic carbocycles. The maximum Gasteiger partial charge on any atom is 0.520 e. The van der Waals surface area contributed by atoms with Crippen LogP contribution in [0.5, 0.6) is 11.5 Å². The smallest absolute Gasteiger partial charge is 0.520 e. The number of halogens is 1. The molecule has 0 aliphatic carbocycles. The quantitative estimate of drug-likeness (QED) is 0.805. The van der Waals surface area contributed by atoms with Crippen molar-refractivity contribution in [2.24, 2.45) is 10.9 Å². The minimum Gasteiger partial charge on any atom is -0.564 e. The molecule has 0 radical (unpaired) electrons. The summed E-state index contributed by atoms with van der Waals surface area (Å²) in [6, 6.07) is 13.1. The number of rotatable bonds is 2. The van der Waals surface area contributed by atoms with Crippen LogP contribution in [0.25, 0.3) is 0 Å². The second kappa shape index (κ2) is 7.21. The molecule has 2 heterocycles. The molecule has 140 valence electrons. The minimum atomic E-state index is -0.557. The number of carbonyl (C=O) groups is 1. The molecule has 1 fully saturated rings. The maximum atomic E-state index is 11.5. The predicted octanol–water partition coefficient (Wildman–Crippen LogP) is 2.69. The zero-order valence-electron chi connectivity index (χ0n) is 14.9. The number of aliphatic imine (C=N–C) groups is 1. The number of hydrogen-bond donors (Lipinski definition) is 1. The van der Waals surface area contributed by atoms with Gasteiger partial charge < -0.3 is 20.1 Å². The van der Waals surface area contributed by atoms with Crippen molar-refractivity contribution < 1.29 is 14.6 Å². The lowest BCUT2D eigenvalue weighted by Gasteiger charge is -2.36. The van der Waals surface area contributed by atoms with Gasteiger partial charge in [-0.15, -0.1) is 0 Å². The highest BCUT2D eigenvalue weighted by molar-refractivity contribution is 6.31. The molecule has 6 nitrogen and oxygen atoms in total. The lowest BCUT2D eigenvalue weighted by atomic mass is 9.99. The summed E-state index contributed by atoms with van der Waals surface area (Å²) in [5, 5.41) is 11.4. The SMILES string of the molecule is C[C@@H](C(=O)[OH2+])[C@@H]1CN(C2=Nc3cc(Cl)ccc3Oc3ccccc32)CCN1. The Morgan fingerprint density at radius 1 is 1.33 bits per heavy atom. The number of hydrogen-bond acceptors (Lipinski definition) is 5. The molecule has 2 aliphatic heterocycles. The van der Waals surface area contributed by atoms with E-state index in [4.69, 9.17) is 26.4 Å². The molecule has 0 saturated carbocycles. The molecule has 3 N–H and O–H groups in total. The predicted molar refractivity (Wildman–Crippen MR) is 105 cm³/mol. The van der Waals surface area contributed by atoms with E-state index in [1.807, 2.05) is 30.3 Å². The lowest BCUT2D eigenvalue weighted by Crippen LogP contribution is -2.56. The molecule has 2 atom stereocenters. The number of carbonyl (C=O) groups excluding carboxylic acids is 1. The van der Waals surface area contributed by atoms with Gasteiger partial charge in [0, 0.05) is 35.5 Å². The molecule has 2 aromatic rings. The maximum absolute atomic E-state index is 11.5. The van der Waals surface area contributed by atoms with Crippen LogP contribution in [-0.4, -0.2) is 47.5 Å². The molecule has 4 rings (SSSR count). The van der Waals surface area contributed by atoms with E-state index in [-0.39, 0.29) is 12.0 Å². The molecule has 0 unspecified atom stereocenters. The molecule has 0 aromatic heterocycles. The van der Waals surface area contributed by atoms with Crippen molar-refractivity contribution in [2.75, 3.05) is 19.6 Å². The number of nitrogens with zero attached hydrogens (tertiary/aromatic N) is 2. The van der Waals surface area contributed by atoms with E-state index in [9.17, 15) is 4.79 Å². The summed E-state index contributed by atoms with van der Waals surface area (Å²) < 4.78 is 6.09. The Balaban J connectivity index is 1.76. The van der Waals surface area contributed by atoms with Gasteiger partial charge in [0.2, 0.25) is 0 Å². The Labute approximate surface area is 162 Å². The van der Waals surface area contributed by atoms with Gasteiger partial charge in [-0.25, -0.2) is 4.99 Å². The largest absolute Gasteiger partial charge is 0.564 e. The Bertz CT molecular complexity index is 915. The summed E-state index contributed by atoms with van der Waals surface area (Å²) in [4.78, 5) is 18.6. The first-order valence-electron chi connectivity index (χ1n) is 8.92. The van der Waals surface area contributed by atoms with Crippen LogP contribution in [0.1, 0.15) is 12.5 Å². The van der Waals surface area contributed by atoms with Gasteiger partial charge in [-0.1, -0.05) is 23.7 Å². The molecule has 2 aliphatic rings. The van der Waals surface area contributed by atoms with Crippen LogP contribution in [0.3, 0.4) is 0 Å². The number of ether oxygens (including phenoxy) is 1. The van der Waals surface area contributed by atoms with Crippen LogP contribution < -0.4 is 10.1 Å². The number of para-hydroxylation sites is 1. The fourth-order valence-electron chi connectivity index (χ4n) is 3.43. The normalized spacial score (nSPS) is 19.9. The standard InChI is InChI=1S/C20H20ClN3O3/c1-12(20(25)26)16-11-24(9-8-22-16)19-14-4-2-3-5-17(14)27-18-7-6-13(21)10-15(18)23-19/h2-7,10,12,16,22H,8-9,11H2,1H3,(H,25,26)/p+1/t12-,16+/m1/s1. The summed E-state index contributed by atoms with van der Waals surface area (Å²) >= 11 is 6.17. The molecule has 0 amide bonds. The van der Waals surface area contributed by atoms with Gasteiger partial charge in [0.25, 0.3) is 0 Å². The van der Waals surface area contributed by atoms with Crippen molar-refractivity contribution in [1.82, 2.24) is 10.2 Å². The van der Waals surface area contributed by atoms with Crippen molar-refractivity contribution in [3.63, 3.8) is 0 Å². The van der Waals surface area contributed by atoms with Gasteiger partial charge >= 0.3 is 5.97 Å². The van der Waals surface area contributed by atoms with Crippen LogP contribution >= 0.6 is 11.6 Å². The number of nitrogens with one attached hydrogen (secondary N) is 1. The summed E-state index contributed by atoms with van der Waals surface area (Å²) in [5.74, 6) is 1.24. The molecule has 7 heteroatoms. The molecular weight excluding hydrogens is 366 g/mol. The first-order chi connectivity index (χ1) is 13.0. The third kappa shape index (κ3) is 3.50. The van der Waals surface area contributed by atoms with Crippen LogP contribution in [0.4, 0.5) is 5.69 Å². The van der Waals surface area contributed by atoms with E-state index < -0.39 is 5.97 Å². The highest BCUT2D eigenvalue weighted by Crippen LogP contribution is 2.39. The van der Waals surface area contributed by atoms with Crippen molar-refractivity contribution >= 4 is 29.1 Å². The molecule has 27 heavy (non-hydrogen) atoms. The van der Waals surface area contributed by atoms with Gasteiger partial charge in [0.15, 0.2) is 5.75 Å². The Kier molecular flexibility index (Phi) is 4.76. The highest BCUT2D eigenvalue weighted by atomic mass is 35.5. The zero-order valence-corrected chi connectivity index (χ0v) is 15.7. The summed E-state index contributed by atoms with van der Waals surface area (Å²) in [6.07, 6.45) is 0.